The third-order valence-electron chi connectivity index (χ3n) is 2.28. The monoisotopic (exact) mass is 204 g/mol. The molecule has 69 valence electrons. The van der Waals surface area contributed by atoms with Crippen LogP contribution < -0.4 is 0 Å². The van der Waals surface area contributed by atoms with Crippen molar-refractivity contribution >= 4 is 0 Å². The first-order valence-electron chi connectivity index (χ1n) is 4.40. The van der Waals surface area contributed by atoms with E-state index in [0.29, 0.717) is 11.5 Å². The Kier molecular flexibility index (Phi) is 4.90. The van der Waals surface area contributed by atoms with Crippen LogP contribution in [0.3, 0.4) is 0 Å². The Morgan fingerprint density at radius 3 is 2.33 bits per heavy atom. The maximum absolute atomic E-state index is 4.09. The molecule has 1 radical (unpaired) electrons. The van der Waals surface area contributed by atoms with Crippen molar-refractivity contribution in [3.05, 3.63) is 13.3 Å². The molecule has 0 spiro atoms. The molecular weight excluding hydrogens is 185 g/mol. The molecule has 1 aliphatic heterocycles. The van der Waals surface area contributed by atoms with Gasteiger partial charge in [-0.15, -0.1) is 6.54 Å². The van der Waals surface area contributed by atoms with Gasteiger partial charge in [0.1, 0.15) is 0 Å². The van der Waals surface area contributed by atoms with E-state index in [9.17, 15) is 0 Å². The summed E-state index contributed by atoms with van der Waals surface area (Å²) in [5, 5.41) is 0. The van der Waals surface area contributed by atoms with E-state index in [0.717, 1.165) is 13.1 Å². The van der Waals surface area contributed by atoms with E-state index in [4.69, 9.17) is 0 Å². The maximum Gasteiger partial charge on any atom is 2.00 e. The molecule has 0 aromatic rings. The Morgan fingerprint density at radius 2 is 2.00 bits per heavy atom. The van der Waals surface area contributed by atoms with Crippen molar-refractivity contribution in [3.8, 4) is 0 Å². The van der Waals surface area contributed by atoms with E-state index < -0.39 is 0 Å². The van der Waals surface area contributed by atoms with Crippen molar-refractivity contribution in [1.29, 1.82) is 0 Å². The van der Waals surface area contributed by atoms with E-state index in [2.05, 4.69) is 39.0 Å². The quantitative estimate of drug-likeness (QED) is 0.546. The molecule has 0 aromatic heterocycles. The SMILES string of the molecule is [CH2-]C1C[CH-]CN(C(C)(C)C)C1.[V+2]. The van der Waals surface area contributed by atoms with Crippen molar-refractivity contribution in [2.24, 2.45) is 5.92 Å². The molecule has 0 N–H and O–H groups in total. The van der Waals surface area contributed by atoms with Gasteiger partial charge >= 0.3 is 18.6 Å². The number of likely N-dealkylation sites (tertiary alicyclic amines) is 1. The third-order valence-corrected chi connectivity index (χ3v) is 2.28. The van der Waals surface area contributed by atoms with Gasteiger partial charge in [0.15, 0.2) is 0 Å². The molecule has 1 saturated heterocycles. The minimum atomic E-state index is 0. The van der Waals surface area contributed by atoms with Gasteiger partial charge in [0.25, 0.3) is 0 Å². The van der Waals surface area contributed by atoms with Crippen LogP contribution in [0.2, 0.25) is 0 Å². The van der Waals surface area contributed by atoms with Gasteiger partial charge in [-0.25, -0.2) is 6.42 Å². The predicted octanol–water partition coefficient (Wildman–Crippen LogP) is 2.14. The third kappa shape index (κ3) is 3.51. The Balaban J connectivity index is 0.00000121. The van der Waals surface area contributed by atoms with Crippen molar-refractivity contribution < 1.29 is 18.6 Å². The first-order chi connectivity index (χ1) is 5.00. The Morgan fingerprint density at radius 1 is 1.42 bits per heavy atom. The molecule has 1 unspecified atom stereocenters. The second-order valence-corrected chi connectivity index (χ2v) is 4.47. The first-order valence-corrected chi connectivity index (χ1v) is 4.40. The molecule has 0 saturated carbocycles. The van der Waals surface area contributed by atoms with Gasteiger partial charge in [-0.05, 0) is 27.3 Å². The average Bonchev–Trinajstić information content (AvgIpc) is 1.86. The van der Waals surface area contributed by atoms with Gasteiger partial charge in [-0.3, -0.25) is 0 Å². The molecule has 1 atom stereocenters. The van der Waals surface area contributed by atoms with Crippen LogP contribution in [-0.2, 0) is 18.6 Å². The summed E-state index contributed by atoms with van der Waals surface area (Å²) in [4.78, 5) is 2.48. The van der Waals surface area contributed by atoms with Crippen LogP contribution in [0.1, 0.15) is 27.2 Å². The number of nitrogens with zero attached hydrogens (tertiary/aromatic N) is 1. The van der Waals surface area contributed by atoms with Crippen LogP contribution in [0.4, 0.5) is 0 Å². The fourth-order valence-electron chi connectivity index (χ4n) is 1.47. The number of hydrogen-bond donors (Lipinski definition) is 0. The largest absolute Gasteiger partial charge is 2.00 e. The van der Waals surface area contributed by atoms with Gasteiger partial charge in [0.2, 0.25) is 0 Å². The fraction of sp³-hybridized carbons (Fsp3) is 0.800. The van der Waals surface area contributed by atoms with Crippen molar-refractivity contribution in [2.75, 3.05) is 13.1 Å². The standard InChI is InChI=1S/C10H19N.V/c1-9-6-5-7-11(8-9)10(2,3)4;/h5,9H,1,6-8H2,2-4H3;/q-2;+2. The summed E-state index contributed by atoms with van der Waals surface area (Å²) in [6, 6.07) is 0. The molecule has 0 bridgehead atoms. The summed E-state index contributed by atoms with van der Waals surface area (Å²) in [7, 11) is 0. The summed E-state index contributed by atoms with van der Waals surface area (Å²) < 4.78 is 0. The van der Waals surface area contributed by atoms with Gasteiger partial charge < -0.3 is 18.2 Å². The van der Waals surface area contributed by atoms with Crippen LogP contribution in [-0.4, -0.2) is 23.5 Å². The Hall–Kier alpha value is 0.544. The van der Waals surface area contributed by atoms with Gasteiger partial charge in [0, 0.05) is 5.54 Å². The molecule has 12 heavy (non-hydrogen) atoms. The topological polar surface area (TPSA) is 3.24 Å². The zero-order valence-corrected chi connectivity index (χ0v) is 9.77. The zero-order chi connectivity index (χ0) is 8.48. The molecule has 2 heteroatoms. The van der Waals surface area contributed by atoms with Crippen LogP contribution in [0.15, 0.2) is 0 Å². The summed E-state index contributed by atoms with van der Waals surface area (Å²) in [5.41, 5.74) is 0.312. The second-order valence-electron chi connectivity index (χ2n) is 4.47. The molecular formula is C10H19NV. The molecule has 1 fully saturated rings. The maximum atomic E-state index is 4.09. The Labute approximate surface area is 88.8 Å². The molecule has 1 nitrogen and oxygen atoms in total. The molecule has 0 aromatic carbocycles. The minimum absolute atomic E-state index is 0. The van der Waals surface area contributed by atoms with Crippen LogP contribution in [0.5, 0.6) is 0 Å². The van der Waals surface area contributed by atoms with Crippen LogP contribution >= 0.6 is 0 Å². The van der Waals surface area contributed by atoms with E-state index >= 15 is 0 Å². The van der Waals surface area contributed by atoms with E-state index in [-0.39, 0.29) is 18.6 Å². The van der Waals surface area contributed by atoms with Gasteiger partial charge in [-0.2, -0.15) is 5.92 Å². The number of hydrogen-bond acceptors (Lipinski definition) is 1. The van der Waals surface area contributed by atoms with E-state index in [1.54, 1.807) is 0 Å². The minimum Gasteiger partial charge on any atom is -0.341 e. The summed E-state index contributed by atoms with van der Waals surface area (Å²) >= 11 is 0. The van der Waals surface area contributed by atoms with E-state index in [1.165, 1.54) is 6.42 Å². The molecule has 1 rings (SSSR count). The second kappa shape index (κ2) is 4.69. The predicted molar refractivity (Wildman–Crippen MR) is 49.1 cm³/mol. The van der Waals surface area contributed by atoms with Gasteiger partial charge in [0.05, 0.1) is 0 Å². The summed E-state index contributed by atoms with van der Waals surface area (Å²) in [6.45, 7) is 13.2. The first kappa shape index (κ1) is 12.5. The molecule has 0 amide bonds. The number of piperidine rings is 1. The van der Waals surface area contributed by atoms with Crippen LogP contribution in [0.25, 0.3) is 0 Å². The zero-order valence-electron chi connectivity index (χ0n) is 8.38. The van der Waals surface area contributed by atoms with Crippen molar-refractivity contribution in [2.45, 2.75) is 32.7 Å². The normalized spacial score (nSPS) is 26.5. The number of rotatable bonds is 0. The molecule has 1 aliphatic rings. The smallest absolute Gasteiger partial charge is 0.341 e. The van der Waals surface area contributed by atoms with E-state index in [1.807, 2.05) is 0 Å². The van der Waals surface area contributed by atoms with Gasteiger partial charge in [-0.1, -0.05) is 0 Å². The average molecular weight is 204 g/mol. The fourth-order valence-corrected chi connectivity index (χ4v) is 1.47. The summed E-state index contributed by atoms with van der Waals surface area (Å²) in [6.07, 6.45) is 3.53. The molecule has 0 aliphatic carbocycles. The Bertz CT molecular complexity index is 128. The molecule has 1 heterocycles. The van der Waals surface area contributed by atoms with Crippen LogP contribution in [0, 0.1) is 19.3 Å². The summed E-state index contributed by atoms with van der Waals surface area (Å²) in [5.74, 6) is 0.600. The van der Waals surface area contributed by atoms with Crippen molar-refractivity contribution in [1.82, 2.24) is 4.90 Å². The van der Waals surface area contributed by atoms with Crippen molar-refractivity contribution in [3.63, 3.8) is 0 Å².